The fraction of sp³-hybridized carbons (Fsp3) is 0.211. The predicted octanol–water partition coefficient (Wildman–Crippen LogP) is 7.01. The number of aryl methyl sites for hydroxylation is 2. The summed E-state index contributed by atoms with van der Waals surface area (Å²) in [6.45, 7) is 3.82. The molecule has 2 aliphatic rings. The predicted molar refractivity (Wildman–Crippen MR) is 175 cm³/mol. The molecule has 4 aromatic rings. The smallest absolute Gasteiger partial charge is 0.872 e. The van der Waals surface area contributed by atoms with E-state index in [0.717, 1.165) is 93.4 Å². The number of fused-ring (bicyclic) bond motifs is 2. The minimum absolute atomic E-state index is 0. The van der Waals surface area contributed by atoms with Gasteiger partial charge in [-0.05, 0) is 121 Å². The van der Waals surface area contributed by atoms with E-state index in [9.17, 15) is 10.2 Å². The molecule has 232 valence electrons. The van der Waals surface area contributed by atoms with Crippen molar-refractivity contribution >= 4 is 34.3 Å². The van der Waals surface area contributed by atoms with Crippen molar-refractivity contribution in [1.82, 2.24) is 0 Å². The molecule has 0 heterocycles. The van der Waals surface area contributed by atoms with Crippen molar-refractivity contribution in [2.45, 2.75) is 39.5 Å². The summed E-state index contributed by atoms with van der Waals surface area (Å²) in [7, 11) is 3.27. The molecule has 0 fully saturated rings. The van der Waals surface area contributed by atoms with E-state index in [1.165, 1.54) is 0 Å². The van der Waals surface area contributed by atoms with E-state index in [1.54, 1.807) is 14.2 Å². The summed E-state index contributed by atoms with van der Waals surface area (Å²) in [4.78, 5) is 9.17. The van der Waals surface area contributed by atoms with E-state index < -0.39 is 0 Å². The molecule has 0 saturated heterocycles. The summed E-state index contributed by atoms with van der Waals surface area (Å²) in [5.41, 5.74) is 8.77. The van der Waals surface area contributed by atoms with E-state index in [4.69, 9.17) is 9.47 Å². The van der Waals surface area contributed by atoms with Gasteiger partial charge in [0.2, 0.25) is 0 Å². The zero-order valence-electron chi connectivity index (χ0n) is 25.9. The molecule has 0 radical (unpaired) electrons. The van der Waals surface area contributed by atoms with Crippen molar-refractivity contribution in [1.29, 1.82) is 0 Å². The Morgan fingerprint density at radius 2 is 0.889 bits per heavy atom. The van der Waals surface area contributed by atoms with Gasteiger partial charge in [0.1, 0.15) is 11.5 Å². The first-order valence-corrected chi connectivity index (χ1v) is 14.7. The van der Waals surface area contributed by atoms with Crippen molar-refractivity contribution in [3.8, 4) is 11.5 Å². The largest absolute Gasteiger partial charge is 2.00 e. The number of aliphatic imine (C=N–C) groups is 2. The van der Waals surface area contributed by atoms with Gasteiger partial charge in [-0.25, -0.2) is 0 Å². The summed E-state index contributed by atoms with van der Waals surface area (Å²) < 4.78 is 10.3. The van der Waals surface area contributed by atoms with E-state index >= 15 is 0 Å². The summed E-state index contributed by atoms with van der Waals surface area (Å²) >= 11 is 0. The van der Waals surface area contributed by atoms with Crippen LogP contribution >= 0.6 is 0 Å². The van der Waals surface area contributed by atoms with Crippen molar-refractivity contribution in [3.05, 3.63) is 130 Å². The van der Waals surface area contributed by atoms with Crippen LogP contribution in [-0.4, -0.2) is 25.6 Å². The normalized spacial score (nSPS) is 14.4. The van der Waals surface area contributed by atoms with Gasteiger partial charge in [-0.3, -0.25) is 9.98 Å². The Hall–Kier alpha value is -4.61. The Bertz CT molecular complexity index is 1620. The molecule has 4 aromatic carbocycles. The van der Waals surface area contributed by atoms with Crippen molar-refractivity contribution in [2.24, 2.45) is 9.98 Å². The molecule has 45 heavy (non-hydrogen) atoms. The summed E-state index contributed by atoms with van der Waals surface area (Å²) in [5.74, 6) is 1.81. The van der Waals surface area contributed by atoms with Gasteiger partial charge >= 0.3 is 16.5 Å². The van der Waals surface area contributed by atoms with Gasteiger partial charge < -0.3 is 19.7 Å². The maximum absolute atomic E-state index is 12.6. The topological polar surface area (TPSA) is 89.3 Å². The third-order valence-corrected chi connectivity index (χ3v) is 7.97. The Labute approximate surface area is 275 Å². The molecule has 6 rings (SSSR count). The van der Waals surface area contributed by atoms with Crippen LogP contribution in [0.3, 0.4) is 0 Å². The summed E-state index contributed by atoms with van der Waals surface area (Å²) in [6, 6.07) is 30.7. The van der Waals surface area contributed by atoms with Crippen molar-refractivity contribution in [2.75, 3.05) is 14.2 Å². The molecule has 7 heteroatoms. The quantitative estimate of drug-likeness (QED) is 0.167. The first-order chi connectivity index (χ1) is 21.4. The number of ether oxygens (including phenoxy) is 2. The van der Waals surface area contributed by atoms with Crippen LogP contribution in [0.15, 0.2) is 118 Å². The molecule has 0 amide bonds. The van der Waals surface area contributed by atoms with E-state index in [2.05, 4.69) is 9.98 Å². The van der Waals surface area contributed by atoms with Crippen LogP contribution in [0.2, 0.25) is 0 Å². The number of hydrogen-bond donors (Lipinski definition) is 0. The Morgan fingerprint density at radius 1 is 0.533 bits per heavy atom. The zero-order valence-corrected chi connectivity index (χ0v) is 26.9. The Kier molecular flexibility index (Phi) is 11.4. The zero-order chi connectivity index (χ0) is 31.1. The Balaban J connectivity index is 0.000000200. The van der Waals surface area contributed by atoms with Gasteiger partial charge in [0, 0.05) is 11.4 Å². The van der Waals surface area contributed by atoms with Crippen LogP contribution in [-0.2, 0) is 29.3 Å². The number of nitrogens with zero attached hydrogens (tertiary/aromatic N) is 2. The van der Waals surface area contributed by atoms with Gasteiger partial charge in [-0.1, -0.05) is 60.0 Å². The number of methoxy groups -OCH3 is 2. The van der Waals surface area contributed by atoms with Gasteiger partial charge in [-0.15, -0.1) is 0 Å². The number of rotatable bonds is 6. The van der Waals surface area contributed by atoms with Crippen LogP contribution in [0.25, 0.3) is 11.5 Å². The Morgan fingerprint density at radius 3 is 1.24 bits per heavy atom. The second-order valence-electron chi connectivity index (χ2n) is 10.7. The number of benzene rings is 4. The molecule has 6 nitrogen and oxygen atoms in total. The van der Waals surface area contributed by atoms with Crippen LogP contribution in [0.1, 0.15) is 48.9 Å². The van der Waals surface area contributed by atoms with Gasteiger partial charge in [0.15, 0.2) is 0 Å². The molecule has 0 bridgehead atoms. The van der Waals surface area contributed by atoms with Crippen LogP contribution in [0.5, 0.6) is 11.5 Å². The third-order valence-electron chi connectivity index (χ3n) is 7.97. The molecule has 0 saturated carbocycles. The molecule has 2 aliphatic carbocycles. The molecule has 0 aromatic heterocycles. The van der Waals surface area contributed by atoms with E-state index in [0.29, 0.717) is 0 Å². The molecule has 0 atom stereocenters. The molecule has 0 aliphatic heterocycles. The molecular formula is C38H36N2NiO4. The minimum Gasteiger partial charge on any atom is -0.872 e. The van der Waals surface area contributed by atoms with E-state index in [1.807, 2.05) is 111 Å². The second-order valence-corrected chi connectivity index (χ2v) is 10.7. The SMILES string of the molecule is COc1ccc(N=C(C)C2=C([O-])c3ccccc3CC2)cc1.COc1ccc(N=C(C)C2=C([O-])c3ccccc3CC2)cc1.[Ni+2]. The van der Waals surface area contributed by atoms with E-state index in [-0.39, 0.29) is 28.0 Å². The second kappa shape index (κ2) is 15.4. The average Bonchev–Trinajstić information content (AvgIpc) is 3.06. The maximum Gasteiger partial charge on any atom is 2.00 e. The molecular weight excluding hydrogens is 607 g/mol. The monoisotopic (exact) mass is 642 g/mol. The van der Waals surface area contributed by atoms with Gasteiger partial charge in [0.05, 0.1) is 25.6 Å². The number of allylic oxidation sites excluding steroid dienone is 2. The average molecular weight is 643 g/mol. The number of hydrogen-bond acceptors (Lipinski definition) is 6. The first-order valence-electron chi connectivity index (χ1n) is 14.7. The summed E-state index contributed by atoms with van der Waals surface area (Å²) in [6.07, 6.45) is 3.29. The maximum atomic E-state index is 12.6. The van der Waals surface area contributed by atoms with Crippen LogP contribution in [0.4, 0.5) is 11.4 Å². The van der Waals surface area contributed by atoms with Gasteiger partial charge in [-0.2, -0.15) is 0 Å². The summed E-state index contributed by atoms with van der Waals surface area (Å²) in [5, 5.41) is 25.2. The van der Waals surface area contributed by atoms with Gasteiger partial charge in [0.25, 0.3) is 0 Å². The minimum atomic E-state index is 0. The molecule has 0 spiro atoms. The van der Waals surface area contributed by atoms with Crippen LogP contribution in [0, 0.1) is 0 Å². The fourth-order valence-electron chi connectivity index (χ4n) is 5.52. The standard InChI is InChI=1S/2C19H19NO2.Ni/c2*1-13(20-15-8-10-16(22-2)11-9-15)17-12-7-14-5-3-4-6-18(14)19(17)21;/h2*3-6,8-11,21H,7,12H2,1-2H3;/q;;+2/p-2. The molecule has 0 unspecified atom stereocenters. The first kappa shape index (κ1) is 33.3. The van der Waals surface area contributed by atoms with Crippen molar-refractivity contribution in [3.63, 3.8) is 0 Å². The van der Waals surface area contributed by atoms with Crippen molar-refractivity contribution < 1.29 is 36.2 Å². The fourth-order valence-corrected chi connectivity index (χ4v) is 5.52. The molecule has 0 N–H and O–H groups in total. The third kappa shape index (κ3) is 7.92. The van der Waals surface area contributed by atoms with Crippen LogP contribution < -0.4 is 19.7 Å².